The van der Waals surface area contributed by atoms with Gasteiger partial charge in [0.1, 0.15) is 0 Å². The summed E-state index contributed by atoms with van der Waals surface area (Å²) in [5.41, 5.74) is 1.47. The van der Waals surface area contributed by atoms with Crippen molar-refractivity contribution in [2.75, 3.05) is 0 Å². The standard InChI is InChI=1S/C22H27Cl2NOS/c1-6-8-20(16-9-7-10-19(24)15-16)22(5,25-27(26)21(2,3)4)17-11-13-18(23)14-12-17/h6-7,9-15,20,25H,1,8H2,2-5H3/t20-,22-,27?/m1/s1. The first kappa shape index (κ1) is 22.2. The Balaban J connectivity index is 2.62. The molecule has 146 valence electrons. The van der Waals surface area contributed by atoms with E-state index in [0.29, 0.717) is 16.5 Å². The maximum absolute atomic E-state index is 13.0. The van der Waals surface area contributed by atoms with Gasteiger partial charge in [0.05, 0.1) is 21.3 Å². The summed E-state index contributed by atoms with van der Waals surface area (Å²) in [4.78, 5) is 0. The van der Waals surface area contributed by atoms with Gasteiger partial charge in [0.15, 0.2) is 0 Å². The van der Waals surface area contributed by atoms with Gasteiger partial charge in [0, 0.05) is 16.0 Å². The molecule has 5 heteroatoms. The number of hydrogen-bond donors (Lipinski definition) is 1. The fourth-order valence-electron chi connectivity index (χ4n) is 3.07. The van der Waals surface area contributed by atoms with Crippen LogP contribution in [0.4, 0.5) is 0 Å². The molecule has 0 amide bonds. The first-order valence-corrected chi connectivity index (χ1v) is 10.8. The van der Waals surface area contributed by atoms with Crippen LogP contribution in [-0.2, 0) is 16.5 Å². The molecule has 0 saturated carbocycles. The molecule has 0 bridgehead atoms. The van der Waals surface area contributed by atoms with Crippen LogP contribution < -0.4 is 4.72 Å². The average molecular weight is 424 g/mol. The van der Waals surface area contributed by atoms with Gasteiger partial charge in [-0.1, -0.05) is 53.5 Å². The Morgan fingerprint density at radius 1 is 1.07 bits per heavy atom. The van der Waals surface area contributed by atoms with Crippen molar-refractivity contribution >= 4 is 34.2 Å². The van der Waals surface area contributed by atoms with E-state index in [-0.39, 0.29) is 5.92 Å². The number of rotatable bonds is 7. The molecule has 2 rings (SSSR count). The molecule has 0 aliphatic heterocycles. The second kappa shape index (κ2) is 8.91. The van der Waals surface area contributed by atoms with Crippen LogP contribution in [0.5, 0.6) is 0 Å². The highest BCUT2D eigenvalue weighted by molar-refractivity contribution is 7.84. The second-order valence-electron chi connectivity index (χ2n) is 7.82. The molecule has 27 heavy (non-hydrogen) atoms. The van der Waals surface area contributed by atoms with Crippen molar-refractivity contribution in [1.29, 1.82) is 0 Å². The summed E-state index contributed by atoms with van der Waals surface area (Å²) in [6.07, 6.45) is 2.59. The number of nitrogens with one attached hydrogen (secondary N) is 1. The van der Waals surface area contributed by atoms with E-state index in [4.69, 9.17) is 23.2 Å². The molecule has 1 unspecified atom stereocenters. The van der Waals surface area contributed by atoms with Gasteiger partial charge in [-0.2, -0.15) is 0 Å². The summed E-state index contributed by atoms with van der Waals surface area (Å²) >= 11 is 12.4. The minimum absolute atomic E-state index is 0.0128. The number of hydrogen-bond acceptors (Lipinski definition) is 1. The number of allylic oxidation sites excluding steroid dienone is 1. The summed E-state index contributed by atoms with van der Waals surface area (Å²) in [6.45, 7) is 11.9. The Morgan fingerprint density at radius 3 is 2.22 bits per heavy atom. The highest BCUT2D eigenvalue weighted by atomic mass is 35.5. The zero-order valence-electron chi connectivity index (χ0n) is 16.3. The van der Waals surface area contributed by atoms with E-state index in [1.54, 1.807) is 0 Å². The van der Waals surface area contributed by atoms with E-state index in [2.05, 4.69) is 24.3 Å². The maximum atomic E-state index is 13.0. The van der Waals surface area contributed by atoms with Gasteiger partial charge >= 0.3 is 0 Å². The molecule has 1 N–H and O–H groups in total. The molecule has 3 atom stereocenters. The fourth-order valence-corrected chi connectivity index (χ4v) is 4.34. The van der Waals surface area contributed by atoms with Crippen molar-refractivity contribution in [3.8, 4) is 0 Å². The third kappa shape index (κ3) is 5.45. The van der Waals surface area contributed by atoms with Crippen LogP contribution in [0.15, 0.2) is 61.2 Å². The van der Waals surface area contributed by atoms with Gasteiger partial charge in [-0.3, -0.25) is 0 Å². The van der Waals surface area contributed by atoms with Crippen molar-refractivity contribution < 1.29 is 4.21 Å². The minimum atomic E-state index is -1.27. The molecular weight excluding hydrogens is 397 g/mol. The van der Waals surface area contributed by atoms with E-state index in [1.807, 2.05) is 69.3 Å². The Labute approximate surface area is 175 Å². The van der Waals surface area contributed by atoms with E-state index in [0.717, 1.165) is 11.1 Å². The maximum Gasteiger partial charge on any atom is 0.0978 e. The van der Waals surface area contributed by atoms with Crippen molar-refractivity contribution in [2.24, 2.45) is 0 Å². The molecular formula is C22H27Cl2NOS. The third-order valence-corrected chi connectivity index (χ3v) is 6.86. The molecule has 2 nitrogen and oxygen atoms in total. The number of benzene rings is 2. The minimum Gasteiger partial charge on any atom is -0.242 e. The molecule has 0 fully saturated rings. The summed E-state index contributed by atoms with van der Waals surface area (Å²) in [5, 5.41) is 1.35. The van der Waals surface area contributed by atoms with Crippen LogP contribution >= 0.6 is 23.2 Å². The van der Waals surface area contributed by atoms with Gasteiger partial charge in [-0.05, 0) is 69.5 Å². The van der Waals surface area contributed by atoms with Crippen LogP contribution in [0.25, 0.3) is 0 Å². The summed E-state index contributed by atoms with van der Waals surface area (Å²) < 4.78 is 16.1. The lowest BCUT2D eigenvalue weighted by Gasteiger charge is -2.40. The zero-order valence-corrected chi connectivity index (χ0v) is 18.6. The molecule has 0 heterocycles. The Kier molecular flexibility index (Phi) is 7.32. The first-order chi connectivity index (χ1) is 12.6. The molecule has 0 aromatic heterocycles. The van der Waals surface area contributed by atoms with Gasteiger partial charge in [-0.25, -0.2) is 8.93 Å². The van der Waals surface area contributed by atoms with E-state index in [1.165, 1.54) is 0 Å². The SMILES string of the molecule is C=CC[C@H](c1cccc(Cl)c1)[C@](C)(NS(=O)C(C)(C)C)c1ccc(Cl)cc1. The molecule has 2 aromatic carbocycles. The average Bonchev–Trinajstić information content (AvgIpc) is 2.59. The zero-order chi connectivity index (χ0) is 20.2. The number of halogens is 2. The van der Waals surface area contributed by atoms with Gasteiger partial charge in [-0.15, -0.1) is 6.58 Å². The predicted molar refractivity (Wildman–Crippen MR) is 119 cm³/mol. The van der Waals surface area contributed by atoms with Gasteiger partial charge < -0.3 is 0 Å². The van der Waals surface area contributed by atoms with Gasteiger partial charge in [0.25, 0.3) is 0 Å². The molecule has 0 aliphatic rings. The van der Waals surface area contributed by atoms with Crippen molar-refractivity contribution in [3.05, 3.63) is 82.4 Å². The topological polar surface area (TPSA) is 29.1 Å². The van der Waals surface area contributed by atoms with Gasteiger partial charge in [0.2, 0.25) is 0 Å². The van der Waals surface area contributed by atoms with Crippen molar-refractivity contribution in [1.82, 2.24) is 4.72 Å². The lowest BCUT2D eigenvalue weighted by atomic mass is 9.75. The lowest BCUT2D eigenvalue weighted by molar-refractivity contribution is 0.353. The summed E-state index contributed by atoms with van der Waals surface area (Å²) in [5.74, 6) is -0.0128. The van der Waals surface area contributed by atoms with Crippen LogP contribution in [0.1, 0.15) is 51.2 Å². The fraction of sp³-hybridized carbons (Fsp3) is 0.364. The first-order valence-electron chi connectivity index (χ1n) is 8.90. The van der Waals surface area contributed by atoms with Crippen LogP contribution in [0.3, 0.4) is 0 Å². The van der Waals surface area contributed by atoms with E-state index >= 15 is 0 Å². The monoisotopic (exact) mass is 423 g/mol. The van der Waals surface area contributed by atoms with Crippen LogP contribution in [0, 0.1) is 0 Å². The highest BCUT2D eigenvalue weighted by Crippen LogP contribution is 2.41. The van der Waals surface area contributed by atoms with Crippen molar-refractivity contribution in [3.63, 3.8) is 0 Å². The van der Waals surface area contributed by atoms with Crippen LogP contribution in [0.2, 0.25) is 10.0 Å². The van der Waals surface area contributed by atoms with E-state index < -0.39 is 21.3 Å². The smallest absolute Gasteiger partial charge is 0.0978 e. The Morgan fingerprint density at radius 2 is 1.70 bits per heavy atom. The molecule has 0 radical (unpaired) electrons. The summed E-state index contributed by atoms with van der Waals surface area (Å²) in [6, 6.07) is 15.5. The van der Waals surface area contributed by atoms with Crippen molar-refractivity contribution in [2.45, 2.75) is 50.3 Å². The van der Waals surface area contributed by atoms with Crippen LogP contribution in [-0.4, -0.2) is 8.96 Å². The second-order valence-corrected chi connectivity index (χ2v) is 10.7. The molecule has 2 aromatic rings. The normalized spacial score (nSPS) is 16.4. The quantitative estimate of drug-likeness (QED) is 0.497. The largest absolute Gasteiger partial charge is 0.242 e. The Hall–Kier alpha value is -1.13. The predicted octanol–water partition coefficient (Wildman–Crippen LogP) is 6.62. The third-order valence-electron chi connectivity index (χ3n) is 4.66. The Bertz CT molecular complexity index is 814. The van der Waals surface area contributed by atoms with E-state index in [9.17, 15) is 4.21 Å². The molecule has 0 aliphatic carbocycles. The summed E-state index contributed by atoms with van der Waals surface area (Å²) in [7, 11) is -1.27. The highest BCUT2D eigenvalue weighted by Gasteiger charge is 2.39. The lowest BCUT2D eigenvalue weighted by Crippen LogP contribution is -2.49. The molecule has 0 spiro atoms. The molecule has 0 saturated heterocycles.